The molecule has 0 bridgehead atoms. The molecule has 0 radical (unpaired) electrons. The van der Waals surface area contributed by atoms with Crippen LogP contribution in [0.25, 0.3) is 0 Å². The predicted molar refractivity (Wildman–Crippen MR) is 72.0 cm³/mol. The van der Waals surface area contributed by atoms with Crippen molar-refractivity contribution in [3.8, 4) is 0 Å². The molecule has 102 valence electrons. The van der Waals surface area contributed by atoms with Crippen molar-refractivity contribution in [3.63, 3.8) is 0 Å². The normalized spacial score (nSPS) is 10.0. The third-order valence-corrected chi connectivity index (χ3v) is 3.25. The van der Waals surface area contributed by atoms with Crippen LogP contribution in [0.2, 0.25) is 0 Å². The third-order valence-electron chi connectivity index (χ3n) is 2.38. The van der Waals surface area contributed by atoms with Gasteiger partial charge in [0.25, 0.3) is 17.3 Å². The monoisotopic (exact) mass is 293 g/mol. The smallest absolute Gasteiger partial charge is 0.299 e. The van der Waals surface area contributed by atoms with E-state index in [1.54, 1.807) is 17.5 Å². The highest BCUT2D eigenvalue weighted by atomic mass is 32.1. The largest absolute Gasteiger partial charge is 0.316 e. The number of hydrogen-bond acceptors (Lipinski definition) is 6. The molecule has 9 heteroatoms. The van der Waals surface area contributed by atoms with Crippen LogP contribution >= 0.6 is 11.3 Å². The molecule has 1 N–H and O–H groups in total. The van der Waals surface area contributed by atoms with Crippen molar-refractivity contribution in [3.05, 3.63) is 60.8 Å². The molecular formula is C11H7N3O5S. The van der Waals surface area contributed by atoms with Crippen molar-refractivity contribution < 1.29 is 14.6 Å². The number of thiophene rings is 1. The Bertz CT molecular complexity index is 683. The fraction of sp³-hybridized carbons (Fsp3) is 0. The highest BCUT2D eigenvalue weighted by molar-refractivity contribution is 7.12. The number of nitro benzene ring substituents is 2. The van der Waals surface area contributed by atoms with Gasteiger partial charge < -0.3 is 5.32 Å². The van der Waals surface area contributed by atoms with Gasteiger partial charge in [0.1, 0.15) is 5.69 Å². The quantitative estimate of drug-likeness (QED) is 0.687. The second-order valence-corrected chi connectivity index (χ2v) is 4.59. The summed E-state index contributed by atoms with van der Waals surface area (Å²) in [5, 5.41) is 25.6. The van der Waals surface area contributed by atoms with E-state index in [0.29, 0.717) is 4.88 Å². The summed E-state index contributed by atoms with van der Waals surface area (Å²) in [7, 11) is 0. The summed E-state index contributed by atoms with van der Waals surface area (Å²) in [6, 6.07) is 6.28. The van der Waals surface area contributed by atoms with Gasteiger partial charge in [-0.25, -0.2) is 0 Å². The minimum absolute atomic E-state index is 0.0843. The fourth-order valence-electron chi connectivity index (χ4n) is 1.48. The minimum Gasteiger partial charge on any atom is -0.316 e. The van der Waals surface area contributed by atoms with E-state index in [1.165, 1.54) is 11.3 Å². The van der Waals surface area contributed by atoms with E-state index >= 15 is 0 Å². The summed E-state index contributed by atoms with van der Waals surface area (Å²) >= 11 is 1.18. The van der Waals surface area contributed by atoms with E-state index in [0.717, 1.165) is 18.2 Å². The Morgan fingerprint density at radius 2 is 1.90 bits per heavy atom. The molecule has 0 fully saturated rings. The Hall–Kier alpha value is -2.81. The van der Waals surface area contributed by atoms with Crippen molar-refractivity contribution in [2.24, 2.45) is 0 Å². The summed E-state index contributed by atoms with van der Waals surface area (Å²) < 4.78 is 0. The van der Waals surface area contributed by atoms with Crippen LogP contribution in [-0.2, 0) is 0 Å². The molecule has 2 aromatic rings. The number of hydrogen-bond donors (Lipinski definition) is 1. The molecule has 0 aliphatic carbocycles. The number of non-ortho nitro benzene ring substituents is 1. The lowest BCUT2D eigenvalue weighted by Gasteiger charge is -2.04. The van der Waals surface area contributed by atoms with E-state index in [-0.39, 0.29) is 5.69 Å². The first-order valence-corrected chi connectivity index (χ1v) is 6.14. The van der Waals surface area contributed by atoms with Gasteiger partial charge in [0, 0.05) is 6.07 Å². The zero-order valence-electron chi connectivity index (χ0n) is 9.81. The molecule has 0 spiro atoms. The Morgan fingerprint density at radius 3 is 2.45 bits per heavy atom. The molecule has 2 rings (SSSR count). The number of nitro groups is 2. The van der Waals surface area contributed by atoms with Crippen LogP contribution in [0.4, 0.5) is 17.1 Å². The summed E-state index contributed by atoms with van der Waals surface area (Å²) in [4.78, 5) is 32.2. The lowest BCUT2D eigenvalue weighted by molar-refractivity contribution is -0.393. The SMILES string of the molecule is O=C(Nc1ccc([N+](=O)[O-])cc1[N+](=O)[O-])c1cccs1. The Labute approximate surface area is 116 Å². The van der Waals surface area contributed by atoms with Crippen LogP contribution in [0.15, 0.2) is 35.7 Å². The van der Waals surface area contributed by atoms with Gasteiger partial charge in [0.15, 0.2) is 0 Å². The van der Waals surface area contributed by atoms with Crippen molar-refractivity contribution in [1.29, 1.82) is 0 Å². The Balaban J connectivity index is 2.34. The number of rotatable bonds is 4. The molecular weight excluding hydrogens is 286 g/mol. The molecule has 0 saturated carbocycles. The highest BCUT2D eigenvalue weighted by Gasteiger charge is 2.21. The van der Waals surface area contributed by atoms with Crippen LogP contribution in [-0.4, -0.2) is 15.8 Å². The Morgan fingerprint density at radius 1 is 1.15 bits per heavy atom. The number of nitrogens with zero attached hydrogens (tertiary/aromatic N) is 2. The van der Waals surface area contributed by atoms with Gasteiger partial charge in [-0.1, -0.05) is 6.07 Å². The van der Waals surface area contributed by atoms with E-state index in [2.05, 4.69) is 5.32 Å². The van der Waals surface area contributed by atoms with Crippen molar-refractivity contribution in [1.82, 2.24) is 0 Å². The predicted octanol–water partition coefficient (Wildman–Crippen LogP) is 2.82. The van der Waals surface area contributed by atoms with Crippen LogP contribution in [0.5, 0.6) is 0 Å². The summed E-state index contributed by atoms with van der Waals surface area (Å²) in [5.74, 6) is -0.503. The van der Waals surface area contributed by atoms with Gasteiger partial charge in [0.05, 0.1) is 20.8 Å². The maximum atomic E-state index is 11.8. The van der Waals surface area contributed by atoms with Crippen molar-refractivity contribution in [2.45, 2.75) is 0 Å². The summed E-state index contributed by atoms with van der Waals surface area (Å²) in [5.41, 5.74) is -1.02. The topological polar surface area (TPSA) is 115 Å². The zero-order valence-corrected chi connectivity index (χ0v) is 10.6. The Kier molecular flexibility index (Phi) is 3.71. The minimum atomic E-state index is -0.781. The second kappa shape index (κ2) is 5.45. The number of nitrogens with one attached hydrogen (secondary N) is 1. The molecule has 8 nitrogen and oxygen atoms in total. The fourth-order valence-corrected chi connectivity index (χ4v) is 2.10. The van der Waals surface area contributed by atoms with Crippen LogP contribution in [0, 0.1) is 20.2 Å². The lowest BCUT2D eigenvalue weighted by Crippen LogP contribution is -2.11. The van der Waals surface area contributed by atoms with Crippen LogP contribution < -0.4 is 5.32 Å². The molecule has 0 unspecified atom stereocenters. The van der Waals surface area contributed by atoms with Gasteiger partial charge >= 0.3 is 0 Å². The number of amides is 1. The standard InChI is InChI=1S/C11H7N3O5S/c15-11(10-2-1-5-20-10)12-8-4-3-7(13(16)17)6-9(8)14(18)19/h1-6H,(H,12,15). The first kappa shape index (κ1) is 13.6. The molecule has 1 aromatic heterocycles. The van der Waals surface area contributed by atoms with Crippen molar-refractivity contribution in [2.75, 3.05) is 5.32 Å². The van der Waals surface area contributed by atoms with Crippen LogP contribution in [0.1, 0.15) is 9.67 Å². The van der Waals surface area contributed by atoms with E-state index in [4.69, 9.17) is 0 Å². The zero-order chi connectivity index (χ0) is 14.7. The first-order valence-electron chi connectivity index (χ1n) is 5.26. The number of carbonyl (C=O) groups is 1. The molecule has 0 aliphatic rings. The van der Waals surface area contributed by atoms with Gasteiger partial charge in [-0.15, -0.1) is 11.3 Å². The molecule has 1 amide bonds. The maximum Gasteiger partial charge on any atom is 0.299 e. The molecule has 20 heavy (non-hydrogen) atoms. The number of anilines is 1. The van der Waals surface area contributed by atoms with E-state index < -0.39 is 27.1 Å². The van der Waals surface area contributed by atoms with Crippen LogP contribution in [0.3, 0.4) is 0 Å². The average Bonchev–Trinajstić information content (AvgIpc) is 2.92. The second-order valence-electron chi connectivity index (χ2n) is 3.65. The number of benzene rings is 1. The maximum absolute atomic E-state index is 11.8. The average molecular weight is 293 g/mol. The molecule has 0 saturated heterocycles. The van der Waals surface area contributed by atoms with Gasteiger partial charge in [-0.3, -0.25) is 25.0 Å². The highest BCUT2D eigenvalue weighted by Crippen LogP contribution is 2.29. The van der Waals surface area contributed by atoms with Gasteiger partial charge in [0.2, 0.25) is 0 Å². The molecule has 1 heterocycles. The summed E-state index contributed by atoms with van der Waals surface area (Å²) in [6.07, 6.45) is 0. The van der Waals surface area contributed by atoms with Crippen molar-refractivity contribution >= 4 is 34.3 Å². The lowest BCUT2D eigenvalue weighted by atomic mass is 10.2. The van der Waals surface area contributed by atoms with E-state index in [1.807, 2.05) is 0 Å². The van der Waals surface area contributed by atoms with E-state index in [9.17, 15) is 25.0 Å². The summed E-state index contributed by atoms with van der Waals surface area (Å²) in [6.45, 7) is 0. The molecule has 0 atom stereocenters. The first-order chi connectivity index (χ1) is 9.49. The molecule has 1 aromatic carbocycles. The third kappa shape index (κ3) is 2.78. The van der Waals surface area contributed by atoms with Gasteiger partial charge in [-0.2, -0.15) is 0 Å². The molecule has 0 aliphatic heterocycles. The van der Waals surface area contributed by atoms with Gasteiger partial charge in [-0.05, 0) is 17.5 Å². The number of carbonyl (C=O) groups excluding carboxylic acids is 1.